The summed E-state index contributed by atoms with van der Waals surface area (Å²) < 4.78 is 6.05. The van der Waals surface area contributed by atoms with Crippen LogP contribution in [0.5, 0.6) is 5.75 Å². The molecule has 0 aliphatic carbocycles. The Morgan fingerprint density at radius 2 is 1.65 bits per heavy atom. The monoisotopic (exact) mass is 550 g/mol. The molecule has 0 atom stereocenters. The van der Waals surface area contributed by atoms with Gasteiger partial charge in [0.25, 0.3) is 11.8 Å². The van der Waals surface area contributed by atoms with E-state index >= 15 is 0 Å². The fourth-order valence-electron chi connectivity index (χ4n) is 3.07. The molecule has 160 valence electrons. The van der Waals surface area contributed by atoms with Gasteiger partial charge in [-0.3, -0.25) is 14.9 Å². The van der Waals surface area contributed by atoms with Gasteiger partial charge < -0.3 is 9.84 Å². The average Bonchev–Trinajstić information content (AvgIpc) is 2.63. The van der Waals surface area contributed by atoms with E-state index in [1.807, 2.05) is 19.9 Å². The van der Waals surface area contributed by atoms with Gasteiger partial charge >= 0.3 is 12.0 Å². The van der Waals surface area contributed by atoms with Gasteiger partial charge in [0, 0.05) is 0 Å². The summed E-state index contributed by atoms with van der Waals surface area (Å²) >= 11 is 6.58. The zero-order valence-electron chi connectivity index (χ0n) is 16.4. The summed E-state index contributed by atoms with van der Waals surface area (Å²) in [5.74, 6) is -2.44. The molecule has 0 aromatic heterocycles. The van der Waals surface area contributed by atoms with Gasteiger partial charge in [-0.15, -0.1) is 0 Å². The third kappa shape index (κ3) is 5.02. The number of aliphatic carboxylic acids is 1. The summed E-state index contributed by atoms with van der Waals surface area (Å²) in [4.78, 5) is 49.5. The van der Waals surface area contributed by atoms with Crippen molar-refractivity contribution in [3.63, 3.8) is 0 Å². The number of halogens is 2. The van der Waals surface area contributed by atoms with Crippen LogP contribution in [-0.4, -0.2) is 35.5 Å². The van der Waals surface area contributed by atoms with E-state index in [1.165, 1.54) is 6.08 Å². The van der Waals surface area contributed by atoms with Crippen LogP contribution in [0.1, 0.15) is 16.7 Å². The largest absolute Gasteiger partial charge is 0.480 e. The van der Waals surface area contributed by atoms with E-state index in [2.05, 4.69) is 37.2 Å². The molecular weight excluding hydrogens is 536 g/mol. The van der Waals surface area contributed by atoms with E-state index < -0.39 is 30.4 Å². The predicted octanol–water partition coefficient (Wildman–Crippen LogP) is 3.96. The molecule has 0 spiro atoms. The molecule has 2 aromatic carbocycles. The van der Waals surface area contributed by atoms with Crippen LogP contribution in [0.25, 0.3) is 6.08 Å². The lowest BCUT2D eigenvalue weighted by atomic mass is 10.1. The number of hydrogen-bond donors (Lipinski definition) is 2. The Hall–Kier alpha value is -2.98. The smallest absolute Gasteiger partial charge is 0.341 e. The predicted molar refractivity (Wildman–Crippen MR) is 120 cm³/mol. The Bertz CT molecular complexity index is 1120. The molecule has 1 fully saturated rings. The summed E-state index contributed by atoms with van der Waals surface area (Å²) in [6.45, 7) is 3.15. The van der Waals surface area contributed by atoms with Gasteiger partial charge in [-0.05, 0) is 92.7 Å². The quantitative estimate of drug-likeness (QED) is 0.429. The molecule has 3 rings (SSSR count). The summed E-state index contributed by atoms with van der Waals surface area (Å²) in [6, 6.07) is 7.57. The minimum atomic E-state index is -1.13. The number of hydrogen-bond acceptors (Lipinski definition) is 5. The molecule has 1 heterocycles. The highest BCUT2D eigenvalue weighted by molar-refractivity contribution is 9.11. The van der Waals surface area contributed by atoms with Crippen molar-refractivity contribution in [2.45, 2.75) is 13.8 Å². The van der Waals surface area contributed by atoms with E-state index in [0.717, 1.165) is 16.0 Å². The number of anilines is 1. The van der Waals surface area contributed by atoms with Crippen molar-refractivity contribution in [2.75, 3.05) is 11.5 Å². The summed E-state index contributed by atoms with van der Waals surface area (Å²) in [5, 5.41) is 11.0. The number of imide groups is 2. The van der Waals surface area contributed by atoms with E-state index in [-0.39, 0.29) is 11.3 Å². The third-order valence-electron chi connectivity index (χ3n) is 4.24. The van der Waals surface area contributed by atoms with Gasteiger partial charge in [-0.1, -0.05) is 6.07 Å². The second-order valence-electron chi connectivity index (χ2n) is 6.80. The number of barbiturate groups is 1. The van der Waals surface area contributed by atoms with E-state index in [9.17, 15) is 19.2 Å². The average molecular weight is 552 g/mol. The summed E-state index contributed by atoms with van der Waals surface area (Å²) in [5.41, 5.74) is 2.32. The number of ether oxygens (including phenoxy) is 1. The van der Waals surface area contributed by atoms with Crippen LogP contribution in [0.4, 0.5) is 10.5 Å². The van der Waals surface area contributed by atoms with Crippen molar-refractivity contribution in [1.82, 2.24) is 5.32 Å². The lowest BCUT2D eigenvalue weighted by Gasteiger charge is -2.27. The first kappa shape index (κ1) is 22.7. The van der Waals surface area contributed by atoms with Crippen LogP contribution in [0.2, 0.25) is 0 Å². The molecule has 4 amide bonds. The molecule has 0 unspecified atom stereocenters. The number of carboxylic acids is 1. The zero-order valence-corrected chi connectivity index (χ0v) is 19.5. The van der Waals surface area contributed by atoms with Crippen LogP contribution >= 0.6 is 31.9 Å². The first-order valence-corrected chi connectivity index (χ1v) is 10.5. The van der Waals surface area contributed by atoms with Crippen molar-refractivity contribution in [2.24, 2.45) is 0 Å². The molecule has 0 saturated carbocycles. The number of carbonyl (C=O) groups excluding carboxylic acids is 3. The Morgan fingerprint density at radius 1 is 1.06 bits per heavy atom. The number of rotatable bonds is 5. The minimum Gasteiger partial charge on any atom is -0.480 e. The number of aryl methyl sites for hydroxylation is 2. The molecule has 8 nitrogen and oxygen atoms in total. The van der Waals surface area contributed by atoms with E-state index in [4.69, 9.17) is 9.84 Å². The number of benzene rings is 2. The SMILES string of the molecule is Cc1cc(C)cc(N2C(=O)NC(=O)/C(=C\c3cc(Br)c(OCC(=O)O)c(Br)c3)C2=O)c1. The van der Waals surface area contributed by atoms with Crippen molar-refractivity contribution in [3.8, 4) is 5.75 Å². The molecule has 2 aromatic rings. The molecule has 1 aliphatic heterocycles. The van der Waals surface area contributed by atoms with Crippen LogP contribution in [0, 0.1) is 13.8 Å². The highest BCUT2D eigenvalue weighted by Gasteiger charge is 2.37. The van der Waals surface area contributed by atoms with Gasteiger partial charge in [0.05, 0.1) is 14.6 Å². The zero-order chi connectivity index (χ0) is 22.9. The molecule has 10 heteroatoms. The highest BCUT2D eigenvalue weighted by atomic mass is 79.9. The topological polar surface area (TPSA) is 113 Å². The number of nitrogens with zero attached hydrogens (tertiary/aromatic N) is 1. The molecule has 0 bridgehead atoms. The van der Waals surface area contributed by atoms with Crippen molar-refractivity contribution >= 4 is 67.4 Å². The molecule has 0 radical (unpaired) electrons. The van der Waals surface area contributed by atoms with Crippen molar-refractivity contribution in [1.29, 1.82) is 0 Å². The maximum absolute atomic E-state index is 13.1. The van der Waals surface area contributed by atoms with Crippen LogP contribution in [0.15, 0.2) is 44.9 Å². The van der Waals surface area contributed by atoms with Gasteiger partial charge in [0.2, 0.25) is 0 Å². The second-order valence-corrected chi connectivity index (χ2v) is 8.51. The first-order valence-electron chi connectivity index (χ1n) is 8.90. The van der Waals surface area contributed by atoms with Gasteiger partial charge in [-0.25, -0.2) is 14.5 Å². The normalized spacial score (nSPS) is 15.3. The lowest BCUT2D eigenvalue weighted by molar-refractivity contribution is -0.139. The Labute approximate surface area is 194 Å². The summed E-state index contributed by atoms with van der Waals surface area (Å²) in [6.07, 6.45) is 1.34. The number of carboxylic acid groups (broad SMARTS) is 1. The van der Waals surface area contributed by atoms with Crippen LogP contribution in [-0.2, 0) is 14.4 Å². The Balaban J connectivity index is 1.99. The van der Waals surface area contributed by atoms with Crippen LogP contribution in [0.3, 0.4) is 0 Å². The number of carbonyl (C=O) groups is 4. The maximum Gasteiger partial charge on any atom is 0.341 e. The van der Waals surface area contributed by atoms with E-state index in [0.29, 0.717) is 20.2 Å². The standard InChI is InChI=1S/C21H16Br2N2O6/c1-10-3-11(2)5-13(4-10)25-20(29)14(19(28)24-21(25)30)6-12-7-15(22)18(16(23)8-12)31-9-17(26)27/h3-8H,9H2,1-2H3,(H,26,27)(H,24,28,30)/b14-6+. The van der Waals surface area contributed by atoms with Gasteiger partial charge in [-0.2, -0.15) is 0 Å². The number of urea groups is 1. The fourth-order valence-corrected chi connectivity index (χ4v) is 4.52. The minimum absolute atomic E-state index is 0.225. The number of amides is 4. The molecule has 2 N–H and O–H groups in total. The highest BCUT2D eigenvalue weighted by Crippen LogP contribution is 2.35. The van der Waals surface area contributed by atoms with E-state index in [1.54, 1.807) is 24.3 Å². The molecule has 1 aliphatic rings. The Morgan fingerprint density at radius 3 is 2.19 bits per heavy atom. The maximum atomic E-state index is 13.1. The third-order valence-corrected chi connectivity index (χ3v) is 5.42. The first-order chi connectivity index (χ1) is 14.6. The van der Waals surface area contributed by atoms with Crippen LogP contribution < -0.4 is 15.0 Å². The molecule has 31 heavy (non-hydrogen) atoms. The number of nitrogens with one attached hydrogen (secondary N) is 1. The lowest BCUT2D eigenvalue weighted by Crippen LogP contribution is -2.54. The Kier molecular flexibility index (Phi) is 6.61. The van der Waals surface area contributed by atoms with Gasteiger partial charge in [0.15, 0.2) is 6.61 Å². The molecule has 1 saturated heterocycles. The second kappa shape index (κ2) is 9.03. The summed E-state index contributed by atoms with van der Waals surface area (Å²) in [7, 11) is 0. The fraction of sp³-hybridized carbons (Fsp3) is 0.143. The van der Waals surface area contributed by atoms with Crippen molar-refractivity contribution < 1.29 is 29.0 Å². The molecular formula is C21H16Br2N2O6. The van der Waals surface area contributed by atoms with Crippen molar-refractivity contribution in [3.05, 3.63) is 61.5 Å². The van der Waals surface area contributed by atoms with Gasteiger partial charge in [0.1, 0.15) is 11.3 Å².